The molecule has 0 aliphatic rings. The molecule has 0 saturated carbocycles. The first kappa shape index (κ1) is 86.7. The number of hydrogen-bond donors (Lipinski definition) is 1. The third-order valence-corrected chi connectivity index (χ3v) is 23.7. The Labute approximate surface area is 775 Å². The van der Waals surface area contributed by atoms with Gasteiger partial charge in [0.1, 0.15) is 11.6 Å². The average Bonchev–Trinajstić information content (AvgIpc) is 0.766. The minimum Gasteiger partial charge on any atom is -0.310 e. The van der Waals surface area contributed by atoms with Crippen LogP contribution in [0.15, 0.2) is 491 Å². The zero-order valence-corrected chi connectivity index (χ0v) is 76.1. The van der Waals surface area contributed by atoms with E-state index in [-0.39, 0.29) is 11.6 Å². The van der Waals surface area contributed by atoms with Crippen LogP contribution in [-0.2, 0) is 6.42 Å². The molecule has 0 fully saturated rings. The summed E-state index contributed by atoms with van der Waals surface area (Å²) in [4.78, 5) is 7.92. The topological polar surface area (TPSA) is 9.72 Å². The number of aryl methyl sites for hydroxylation is 3. The molecular weight excluding hydrogens is 1770 g/mol. The summed E-state index contributed by atoms with van der Waals surface area (Å²) < 4.78 is 33.2. The van der Waals surface area contributed by atoms with Crippen molar-refractivity contribution in [3.05, 3.63) is 526 Å². The molecule has 19 aromatic carbocycles. The molecule has 0 radical (unpaired) electrons. The highest BCUT2D eigenvalue weighted by atomic mass is 79.9. The molecular formula is C118H90Br3F2N3S. The third-order valence-electron chi connectivity index (χ3n) is 22.1. The second-order valence-electron chi connectivity index (χ2n) is 31.0. The molecule has 0 aromatic heterocycles. The van der Waals surface area contributed by atoms with Crippen molar-refractivity contribution in [3.63, 3.8) is 0 Å². The number of halogens is 5. The van der Waals surface area contributed by atoms with Crippen LogP contribution in [0.4, 0.5) is 60.0 Å². The van der Waals surface area contributed by atoms with Gasteiger partial charge in [-0.2, -0.15) is 0 Å². The van der Waals surface area contributed by atoms with E-state index in [1.807, 2.05) is 164 Å². The van der Waals surface area contributed by atoms with Crippen molar-refractivity contribution in [1.29, 1.82) is 0 Å². The molecule has 0 unspecified atom stereocenters. The van der Waals surface area contributed by atoms with Crippen molar-refractivity contribution in [2.75, 3.05) is 14.7 Å². The quantitative estimate of drug-likeness (QED) is 0.0809. The average molecular weight is 1860 g/mol. The van der Waals surface area contributed by atoms with Gasteiger partial charge < -0.3 is 14.7 Å². The Bertz CT molecular complexity index is 6820. The molecule has 0 aliphatic heterocycles. The van der Waals surface area contributed by atoms with E-state index in [0.29, 0.717) is 17.5 Å². The second-order valence-corrected chi connectivity index (χ2v) is 34.2. The molecule has 0 heterocycles. The minimum atomic E-state index is -0.252. The lowest BCUT2D eigenvalue weighted by Gasteiger charge is -2.32. The van der Waals surface area contributed by atoms with Crippen molar-refractivity contribution in [1.82, 2.24) is 0 Å². The highest BCUT2D eigenvalue weighted by Crippen LogP contribution is 2.49. The highest BCUT2D eigenvalue weighted by Gasteiger charge is 2.25. The van der Waals surface area contributed by atoms with Gasteiger partial charge in [0.05, 0.1) is 17.1 Å². The van der Waals surface area contributed by atoms with Crippen LogP contribution in [0.2, 0.25) is 0 Å². The maximum atomic E-state index is 15.5. The van der Waals surface area contributed by atoms with E-state index >= 15 is 4.39 Å². The van der Waals surface area contributed by atoms with Gasteiger partial charge in [0.2, 0.25) is 0 Å². The summed E-state index contributed by atoms with van der Waals surface area (Å²) in [6, 6.07) is 163. The molecule has 9 heteroatoms. The van der Waals surface area contributed by atoms with Crippen LogP contribution < -0.4 is 14.7 Å². The van der Waals surface area contributed by atoms with Crippen molar-refractivity contribution in [2.45, 2.75) is 32.1 Å². The van der Waals surface area contributed by atoms with Gasteiger partial charge >= 0.3 is 0 Å². The molecule has 0 saturated heterocycles. The second kappa shape index (κ2) is 41.8. The molecule has 0 spiro atoms. The Balaban J connectivity index is 0.000000144. The Morgan fingerprint density at radius 1 is 0.220 bits per heavy atom. The molecule has 3 nitrogen and oxygen atoms in total. The van der Waals surface area contributed by atoms with Gasteiger partial charge in [-0.05, 0) is 238 Å². The Hall–Kier alpha value is -13.8. The number of benzene rings is 19. The first-order valence-electron chi connectivity index (χ1n) is 42.2. The fourth-order valence-electron chi connectivity index (χ4n) is 16.2. The molecule has 0 aliphatic carbocycles. The van der Waals surface area contributed by atoms with Gasteiger partial charge in [0.15, 0.2) is 0 Å². The Morgan fingerprint density at radius 2 is 0.520 bits per heavy atom. The molecule has 19 rings (SSSR count). The zero-order valence-electron chi connectivity index (χ0n) is 70.4. The smallest absolute Gasteiger partial charge is 0.133 e. The van der Waals surface area contributed by atoms with Gasteiger partial charge in [-0.15, -0.1) is 12.6 Å². The van der Waals surface area contributed by atoms with Crippen LogP contribution in [-0.4, -0.2) is 0 Å². The maximum absolute atomic E-state index is 15.5. The molecule has 618 valence electrons. The van der Waals surface area contributed by atoms with Crippen molar-refractivity contribution in [2.24, 2.45) is 0 Å². The van der Waals surface area contributed by atoms with Gasteiger partial charge in [0, 0.05) is 80.3 Å². The monoisotopic (exact) mass is 1860 g/mol. The Kier molecular flexibility index (Phi) is 28.6. The van der Waals surface area contributed by atoms with E-state index < -0.39 is 0 Å². The summed E-state index contributed by atoms with van der Waals surface area (Å²) >= 11 is 14.5. The number of thiol groups is 1. The summed E-state index contributed by atoms with van der Waals surface area (Å²) in [5.41, 5.74) is 32.0. The van der Waals surface area contributed by atoms with E-state index in [9.17, 15) is 4.39 Å². The van der Waals surface area contributed by atoms with Crippen molar-refractivity contribution < 1.29 is 8.78 Å². The largest absolute Gasteiger partial charge is 0.310 e. The first-order chi connectivity index (χ1) is 62.2. The number of anilines is 9. The summed E-state index contributed by atoms with van der Waals surface area (Å²) in [5, 5.41) is 0. The van der Waals surface area contributed by atoms with E-state index in [0.717, 1.165) is 114 Å². The summed E-state index contributed by atoms with van der Waals surface area (Å²) in [5.74, 6) is -0.427. The van der Waals surface area contributed by atoms with E-state index in [1.54, 1.807) is 12.1 Å². The predicted octanol–water partition coefficient (Wildman–Crippen LogP) is 35.9. The van der Waals surface area contributed by atoms with Crippen LogP contribution in [0, 0.1) is 32.4 Å². The SMILES string of the molecule is Cc1cc(Br)cc(N(c2ccc(-c3ccccc3)c(F)c2)c2ccccc2-c2ccccc2)c1.Cc1cc(N(c2ccc(-c3ccccc3)cc2)c2ccccc2-c2ccccc2)cc(N(c2ccc(-c3ccccc3)c(C)c2)c2ccccc2-c2ccccc2)c1.Fc1cc(Cc2ccccc2-c2ccccc2)ccc1-c1ccccc1.Sc1cc(Br)cc(Br)c1. The molecule has 0 N–H and O–H groups in total. The summed E-state index contributed by atoms with van der Waals surface area (Å²) in [6.07, 6.45) is 0.705. The number of rotatable bonds is 19. The normalized spacial score (nSPS) is 10.7. The van der Waals surface area contributed by atoms with Gasteiger partial charge in [-0.1, -0.05) is 400 Å². The fourth-order valence-corrected chi connectivity index (χ4v) is 18.8. The molecule has 0 bridgehead atoms. The number of nitrogens with zero attached hydrogens (tertiary/aromatic N) is 3. The number of para-hydroxylation sites is 3. The predicted molar refractivity (Wildman–Crippen MR) is 547 cm³/mol. The van der Waals surface area contributed by atoms with Crippen molar-refractivity contribution >= 4 is 112 Å². The lowest BCUT2D eigenvalue weighted by molar-refractivity contribution is 0.629. The minimum absolute atomic E-state index is 0.175. The standard InChI is InChI=1S/C56H44N2.C31H23BrFN.C25H19F.C6H4Br2S/c1-41-37-50(57(48-33-31-44(32-34-48)43-19-7-3-8-20-43)55-29-17-15-27-53(55)46-23-11-5-12-24-46)40-51(38-41)58(56-30-18-16-28-54(56)47-25-13-6-14-26-47)49-35-36-52(42(2)39-49)45-21-9-4-10-22-45;1-22-18-25(32)20-27(19-22)34(31-15-9-8-14-29(31)24-12-6-3-7-13-24)26-16-17-28(30(33)21-26)23-10-4-2-5-11-23;26-25-18-19(15-16-24(25)21-11-5-2-6-12-21)17-22-13-7-8-14-23(22)20-9-3-1-4-10-20;7-4-1-5(8)3-6(9)2-4/h3-40H,1-2H3;2-21H,1H3;1-16,18H,17H2;1-3,9H. The molecule has 0 atom stereocenters. The van der Waals surface area contributed by atoms with E-state index in [1.165, 1.54) is 61.2 Å². The van der Waals surface area contributed by atoms with Crippen LogP contribution >= 0.6 is 60.4 Å². The van der Waals surface area contributed by atoms with E-state index in [2.05, 4.69) is 393 Å². The Morgan fingerprint density at radius 3 is 0.921 bits per heavy atom. The molecule has 0 amide bonds. The van der Waals surface area contributed by atoms with Crippen LogP contribution in [0.1, 0.15) is 27.8 Å². The third kappa shape index (κ3) is 21.6. The highest BCUT2D eigenvalue weighted by molar-refractivity contribution is 9.11. The number of hydrogen-bond acceptors (Lipinski definition) is 4. The van der Waals surface area contributed by atoms with Gasteiger partial charge in [-0.25, -0.2) is 8.78 Å². The zero-order chi connectivity index (χ0) is 87.4. The summed E-state index contributed by atoms with van der Waals surface area (Å²) in [7, 11) is 0. The molecule has 19 aromatic rings. The first-order valence-corrected chi connectivity index (χ1v) is 45.0. The lowest BCUT2D eigenvalue weighted by atomic mass is 9.94. The molecule has 127 heavy (non-hydrogen) atoms. The van der Waals surface area contributed by atoms with E-state index in [4.69, 9.17) is 0 Å². The van der Waals surface area contributed by atoms with Crippen LogP contribution in [0.3, 0.4) is 0 Å². The fraction of sp³-hybridized carbons (Fsp3) is 0.0339. The van der Waals surface area contributed by atoms with Gasteiger partial charge in [0.25, 0.3) is 0 Å². The van der Waals surface area contributed by atoms with Crippen LogP contribution in [0.25, 0.3) is 89.0 Å². The maximum Gasteiger partial charge on any atom is 0.133 e. The van der Waals surface area contributed by atoms with Crippen LogP contribution in [0.5, 0.6) is 0 Å². The summed E-state index contributed by atoms with van der Waals surface area (Å²) in [6.45, 7) is 6.49. The lowest BCUT2D eigenvalue weighted by Crippen LogP contribution is -2.15. The van der Waals surface area contributed by atoms with Crippen molar-refractivity contribution in [3.8, 4) is 89.0 Å². The van der Waals surface area contributed by atoms with Gasteiger partial charge in [-0.3, -0.25) is 0 Å².